The summed E-state index contributed by atoms with van der Waals surface area (Å²) in [4.78, 5) is 11.9. The van der Waals surface area contributed by atoms with Crippen LogP contribution in [0.4, 0.5) is 0 Å². The molecule has 2 unspecified atom stereocenters. The highest BCUT2D eigenvalue weighted by atomic mass is 28.4. The van der Waals surface area contributed by atoms with Gasteiger partial charge in [-0.2, -0.15) is 0 Å². The zero-order valence-electron chi connectivity index (χ0n) is 34.9. The topological polar surface area (TPSA) is 35.5 Å². The number of methoxy groups -OCH3 is 1. The number of carbonyl (C=O) groups excluding carboxylic acids is 1. The maximum atomic E-state index is 11.9. The fraction of sp³-hybridized carbons (Fsp3) is 0.977. The van der Waals surface area contributed by atoms with Crippen molar-refractivity contribution < 1.29 is 14.0 Å². The first-order valence-corrected chi connectivity index (χ1v) is 22.9. The van der Waals surface area contributed by atoms with Gasteiger partial charge in [0.1, 0.15) is 0 Å². The first-order valence-electron chi connectivity index (χ1n) is 20.0. The molecule has 0 aromatic heterocycles. The molecule has 0 aromatic rings. The lowest BCUT2D eigenvalue weighted by Gasteiger charge is -2.67. The molecule has 4 heteroatoms. The molecule has 0 saturated heterocycles. The molecule has 0 radical (unpaired) electrons. The van der Waals surface area contributed by atoms with Crippen LogP contribution in [0.15, 0.2) is 0 Å². The van der Waals surface area contributed by atoms with Crippen molar-refractivity contribution in [1.82, 2.24) is 0 Å². The first-order chi connectivity index (χ1) is 21.3. The highest BCUT2D eigenvalue weighted by Gasteiger charge is 2.66. The van der Waals surface area contributed by atoms with E-state index in [1.165, 1.54) is 84.2 Å². The third-order valence-corrected chi connectivity index (χ3v) is 22.8. The van der Waals surface area contributed by atoms with Crippen LogP contribution >= 0.6 is 0 Å². The van der Waals surface area contributed by atoms with Gasteiger partial charge in [-0.15, -0.1) is 0 Å². The predicted molar refractivity (Wildman–Crippen MR) is 205 cm³/mol. The summed E-state index contributed by atoms with van der Waals surface area (Å²) in [5.74, 6) is 1.39. The number of rotatable bonds is 17. The Bertz CT molecular complexity index is 1070. The molecule has 3 rings (SSSR count). The van der Waals surface area contributed by atoms with Crippen LogP contribution in [0.2, 0.25) is 18.1 Å². The van der Waals surface area contributed by atoms with Crippen LogP contribution in [0.3, 0.4) is 0 Å². The summed E-state index contributed by atoms with van der Waals surface area (Å²) in [6.45, 7) is 41.0. The fourth-order valence-corrected chi connectivity index (χ4v) is 14.6. The lowest BCUT2D eigenvalue weighted by Crippen LogP contribution is -2.63. The lowest BCUT2D eigenvalue weighted by molar-refractivity contribution is -0.155. The van der Waals surface area contributed by atoms with Gasteiger partial charge in [0.2, 0.25) is 0 Å². The molecule has 3 saturated carbocycles. The molecule has 0 aliphatic heterocycles. The van der Waals surface area contributed by atoms with Crippen molar-refractivity contribution in [3.8, 4) is 0 Å². The van der Waals surface area contributed by atoms with Gasteiger partial charge in [-0.3, -0.25) is 4.79 Å². The smallest absolute Gasteiger partial charge is 0.305 e. The molecule has 0 amide bonds. The maximum absolute atomic E-state index is 11.9. The summed E-state index contributed by atoms with van der Waals surface area (Å²) in [7, 11) is -0.688. The van der Waals surface area contributed by atoms with E-state index < -0.39 is 8.32 Å². The molecule has 0 aromatic carbocycles. The van der Waals surface area contributed by atoms with Crippen molar-refractivity contribution >= 4 is 14.3 Å². The Kier molecular flexibility index (Phi) is 11.9. The largest absolute Gasteiger partial charge is 0.469 e. The first kappa shape index (κ1) is 41.1. The summed E-state index contributed by atoms with van der Waals surface area (Å²) in [5.41, 5.74) is 1.42. The Balaban J connectivity index is 1.84. The monoisotopic (exact) mass is 675 g/mol. The number of ether oxygens (including phenoxy) is 1. The van der Waals surface area contributed by atoms with Gasteiger partial charge in [0, 0.05) is 12.5 Å². The lowest BCUT2D eigenvalue weighted by atomic mass is 9.40. The summed E-state index contributed by atoms with van der Waals surface area (Å²) in [6, 6.07) is 0. The average Bonchev–Trinajstić information content (AvgIpc) is 3.64. The van der Waals surface area contributed by atoms with Crippen molar-refractivity contribution in [2.75, 3.05) is 7.11 Å². The summed E-state index contributed by atoms with van der Waals surface area (Å²) in [6.07, 6.45) is 17.6. The molecule has 0 bridgehead atoms. The number of hydrogen-bond acceptors (Lipinski definition) is 3. The Morgan fingerprint density at radius 1 is 0.766 bits per heavy atom. The van der Waals surface area contributed by atoms with Crippen LogP contribution in [0.5, 0.6) is 0 Å². The Morgan fingerprint density at radius 3 is 1.87 bits per heavy atom. The third kappa shape index (κ3) is 6.85. The Labute approximate surface area is 295 Å². The molecule has 276 valence electrons. The fourth-order valence-electron chi connectivity index (χ4n) is 11.5. The SMILES string of the molecule is CCCCCC(C)(C)C(C)(C)C(C)(C)C(C)(C)C(C)(C)C(C)(C)[Si](C)(C)O[C@H]1CCC[C@@]2(C)C1CCC2C1(CCCC(=O)OC)CC1. The molecule has 47 heavy (non-hydrogen) atoms. The van der Waals surface area contributed by atoms with Gasteiger partial charge in [-0.25, -0.2) is 0 Å². The number of carbonyl (C=O) groups is 1. The van der Waals surface area contributed by atoms with E-state index in [1.54, 1.807) is 0 Å². The second-order valence-corrected chi connectivity index (χ2v) is 25.6. The van der Waals surface area contributed by atoms with Crippen LogP contribution in [0.25, 0.3) is 0 Å². The number of fused-ring (bicyclic) bond motifs is 1. The quantitative estimate of drug-likeness (QED) is 0.0875. The van der Waals surface area contributed by atoms with E-state index in [4.69, 9.17) is 9.16 Å². The van der Waals surface area contributed by atoms with Crippen LogP contribution in [-0.2, 0) is 14.0 Å². The molecular weight excluding hydrogens is 593 g/mol. The van der Waals surface area contributed by atoms with Gasteiger partial charge in [0.05, 0.1) is 7.11 Å². The van der Waals surface area contributed by atoms with Crippen LogP contribution in [-0.4, -0.2) is 27.5 Å². The molecule has 0 heterocycles. The van der Waals surface area contributed by atoms with E-state index in [-0.39, 0.29) is 38.1 Å². The van der Waals surface area contributed by atoms with E-state index in [0.717, 1.165) is 12.3 Å². The molecule has 0 N–H and O–H groups in total. The highest BCUT2D eigenvalue weighted by Crippen LogP contribution is 2.73. The minimum absolute atomic E-state index is 0.0455. The second-order valence-electron chi connectivity index (χ2n) is 21.1. The number of esters is 1. The van der Waals surface area contributed by atoms with Gasteiger partial charge in [-0.1, -0.05) is 123 Å². The standard InChI is InChI=1S/C43H82O3Si/c1-18-19-20-27-36(2,3)37(4,5)38(6,7)39(8,9)40(10,11)41(12,13)47(16,17)46-33-23-21-28-42(14)32(33)25-26-34(42)43(30-31-43)29-22-24-35(44)45-15/h32-34H,18-31H2,1-17H3/t32?,33-,34?,42-/m0/s1. The van der Waals surface area contributed by atoms with E-state index in [1.807, 2.05) is 0 Å². The van der Waals surface area contributed by atoms with E-state index in [9.17, 15) is 4.79 Å². The van der Waals surface area contributed by atoms with Gasteiger partial charge >= 0.3 is 5.97 Å². The molecule has 3 nitrogen and oxygen atoms in total. The van der Waals surface area contributed by atoms with Crippen molar-refractivity contribution in [2.24, 2.45) is 49.7 Å². The highest BCUT2D eigenvalue weighted by molar-refractivity contribution is 6.74. The molecule has 4 atom stereocenters. The maximum Gasteiger partial charge on any atom is 0.305 e. The summed E-state index contributed by atoms with van der Waals surface area (Å²) >= 11 is 0. The molecule has 0 spiro atoms. The van der Waals surface area contributed by atoms with Crippen molar-refractivity contribution in [1.29, 1.82) is 0 Å². The van der Waals surface area contributed by atoms with E-state index in [2.05, 4.69) is 110 Å². The third-order valence-electron chi connectivity index (χ3n) is 18.3. The minimum atomic E-state index is -2.21. The van der Waals surface area contributed by atoms with E-state index in [0.29, 0.717) is 29.3 Å². The Morgan fingerprint density at radius 2 is 1.34 bits per heavy atom. The Hall–Kier alpha value is -0.353. The zero-order chi connectivity index (χ0) is 36.1. The summed E-state index contributed by atoms with van der Waals surface area (Å²) in [5, 5.41) is 0.0562. The van der Waals surface area contributed by atoms with Gasteiger partial charge in [0.25, 0.3) is 0 Å². The molecule has 3 aliphatic carbocycles. The van der Waals surface area contributed by atoms with Crippen molar-refractivity contribution in [3.05, 3.63) is 0 Å². The number of unbranched alkanes of at least 4 members (excludes halogenated alkanes) is 2. The summed E-state index contributed by atoms with van der Waals surface area (Å²) < 4.78 is 12.7. The molecular formula is C43H82O3Si. The van der Waals surface area contributed by atoms with Crippen molar-refractivity contribution in [3.63, 3.8) is 0 Å². The van der Waals surface area contributed by atoms with Crippen LogP contribution in [0.1, 0.15) is 187 Å². The van der Waals surface area contributed by atoms with Crippen LogP contribution in [0, 0.1) is 49.7 Å². The molecule has 3 aliphatic rings. The van der Waals surface area contributed by atoms with Gasteiger partial charge in [-0.05, 0) is 126 Å². The zero-order valence-corrected chi connectivity index (χ0v) is 35.9. The van der Waals surface area contributed by atoms with Gasteiger partial charge < -0.3 is 9.16 Å². The van der Waals surface area contributed by atoms with Crippen LogP contribution < -0.4 is 0 Å². The van der Waals surface area contributed by atoms with Gasteiger partial charge in [0.15, 0.2) is 8.32 Å². The average molecular weight is 675 g/mol. The van der Waals surface area contributed by atoms with E-state index >= 15 is 0 Å². The molecule has 3 fully saturated rings. The number of hydrogen-bond donors (Lipinski definition) is 0. The minimum Gasteiger partial charge on any atom is -0.469 e. The predicted octanol–water partition coefficient (Wildman–Crippen LogP) is 13.4. The van der Waals surface area contributed by atoms with Crippen molar-refractivity contribution in [2.45, 2.75) is 211 Å². The second kappa shape index (κ2) is 13.6. The normalized spacial score (nSPS) is 27.5.